The number of aromatic hydroxyl groups is 1. The highest BCUT2D eigenvalue weighted by molar-refractivity contribution is 7.85. The minimum absolute atomic E-state index is 0.00471. The highest BCUT2D eigenvalue weighted by Crippen LogP contribution is 2.41. The van der Waals surface area contributed by atoms with Crippen LogP contribution in [0.1, 0.15) is 15.9 Å². The number of para-hydroxylation sites is 1. The number of nitrogens with zero attached hydrogens (tertiary/aromatic N) is 4. The molecule has 3 N–H and O–H groups in total. The summed E-state index contributed by atoms with van der Waals surface area (Å²) in [6, 6.07) is 27.2. The molecule has 1 amide bonds. The molecule has 0 radical (unpaired) electrons. The van der Waals surface area contributed by atoms with Crippen LogP contribution in [0.5, 0.6) is 5.75 Å². The number of anilines is 3. The number of amides is 1. The van der Waals surface area contributed by atoms with Crippen molar-refractivity contribution in [2.24, 2.45) is 10.2 Å². The maximum absolute atomic E-state index is 13.1. The maximum atomic E-state index is 13.1. The summed E-state index contributed by atoms with van der Waals surface area (Å²) in [6.07, 6.45) is 1.55. The van der Waals surface area contributed by atoms with Gasteiger partial charge < -0.3 is 10.4 Å². The second kappa shape index (κ2) is 12.1. The van der Waals surface area contributed by atoms with Crippen LogP contribution in [0.25, 0.3) is 10.8 Å². The Kier molecular flexibility index (Phi) is 8.20. The van der Waals surface area contributed by atoms with Gasteiger partial charge in [-0.2, -0.15) is 8.42 Å². The number of aromatic nitrogens is 1. The summed E-state index contributed by atoms with van der Waals surface area (Å²) in [7, 11) is -2.71. The first-order chi connectivity index (χ1) is 20.2. The zero-order valence-corrected chi connectivity index (χ0v) is 23.1. The normalized spacial score (nSPS) is 11.6. The van der Waals surface area contributed by atoms with E-state index in [4.69, 9.17) is 9.39 Å². The van der Waals surface area contributed by atoms with E-state index in [1.165, 1.54) is 12.2 Å². The Labute approximate surface area is 241 Å². The van der Waals surface area contributed by atoms with Crippen LogP contribution in [0.4, 0.5) is 28.6 Å². The van der Waals surface area contributed by atoms with Crippen LogP contribution in [0, 0.1) is 0 Å². The second-order valence-electron chi connectivity index (χ2n) is 9.07. The number of phenolic OH excluding ortho intramolecular Hbond substituents is 1. The van der Waals surface area contributed by atoms with Crippen LogP contribution in [-0.4, -0.2) is 36.1 Å². The van der Waals surface area contributed by atoms with Crippen molar-refractivity contribution in [1.29, 1.82) is 0 Å². The quantitative estimate of drug-likeness (QED) is 0.0984. The summed E-state index contributed by atoms with van der Waals surface area (Å²) in [5.74, 6) is -1.09. The van der Waals surface area contributed by atoms with Gasteiger partial charge in [-0.15, -0.1) is 10.2 Å². The van der Waals surface area contributed by atoms with Crippen LogP contribution in [-0.2, 0) is 20.7 Å². The Bertz CT molecular complexity index is 1880. The molecule has 0 aliphatic rings. The number of pyridine rings is 1. The summed E-state index contributed by atoms with van der Waals surface area (Å²) in [5.41, 5.74) is 1.95. The third-order valence-electron chi connectivity index (χ3n) is 6.21. The van der Waals surface area contributed by atoms with E-state index < -0.39 is 21.8 Å². The Hall–Kier alpha value is -5.17. The van der Waals surface area contributed by atoms with E-state index in [1.54, 1.807) is 97.2 Å². The summed E-state index contributed by atoms with van der Waals surface area (Å²) in [4.78, 5) is 22.8. The molecule has 212 valence electrons. The lowest BCUT2D eigenvalue weighted by molar-refractivity contribution is 0.102. The Morgan fingerprint density at radius 2 is 1.67 bits per heavy atom. The minimum Gasteiger partial charge on any atom is -0.505 e. The molecule has 0 atom stereocenters. The Morgan fingerprint density at radius 1 is 0.952 bits per heavy atom. The molecule has 0 saturated carbocycles. The third-order valence-corrected chi connectivity index (χ3v) is 6.91. The Balaban J connectivity index is 1.52. The predicted molar refractivity (Wildman–Crippen MR) is 159 cm³/mol. The second-order valence-corrected chi connectivity index (χ2v) is 10.5. The van der Waals surface area contributed by atoms with Gasteiger partial charge in [0, 0.05) is 11.6 Å². The largest absolute Gasteiger partial charge is 0.505 e. The summed E-state index contributed by atoms with van der Waals surface area (Å²) < 4.78 is 31.6. The molecule has 1 heterocycles. The number of hydrogen-bond donors (Lipinski definition) is 3. The average molecular weight is 584 g/mol. The van der Waals surface area contributed by atoms with Gasteiger partial charge in [0.1, 0.15) is 22.9 Å². The zero-order chi connectivity index (χ0) is 29.7. The molecular weight excluding hydrogens is 558 g/mol. The van der Waals surface area contributed by atoms with Crippen molar-refractivity contribution in [1.82, 2.24) is 4.98 Å². The van der Waals surface area contributed by atoms with Crippen molar-refractivity contribution in [3.63, 3.8) is 0 Å². The number of nitrogens with one attached hydrogen (secondary N) is 1. The van der Waals surface area contributed by atoms with Crippen LogP contribution < -0.4 is 10.4 Å². The topological polar surface area (TPSA) is 154 Å². The van der Waals surface area contributed by atoms with Gasteiger partial charge in [0.25, 0.3) is 16.0 Å². The van der Waals surface area contributed by atoms with Crippen molar-refractivity contribution in [3.05, 3.63) is 114 Å². The van der Waals surface area contributed by atoms with Crippen LogP contribution in [0.3, 0.4) is 0 Å². The van der Waals surface area contributed by atoms with E-state index in [0.717, 1.165) is 0 Å². The van der Waals surface area contributed by atoms with E-state index in [2.05, 4.69) is 20.5 Å². The van der Waals surface area contributed by atoms with E-state index in [1.807, 2.05) is 6.07 Å². The van der Waals surface area contributed by atoms with Crippen molar-refractivity contribution in [2.45, 2.75) is 5.75 Å². The first kappa shape index (κ1) is 28.4. The lowest BCUT2D eigenvalue weighted by Gasteiger charge is -2.23. The molecule has 42 heavy (non-hydrogen) atoms. The molecule has 0 fully saturated rings. The summed E-state index contributed by atoms with van der Waals surface area (Å²) in [5, 5.41) is 25.4. The average Bonchev–Trinajstić information content (AvgIpc) is 2.98. The molecule has 5 aromatic rings. The highest BCUT2D eigenvalue weighted by Gasteiger charge is 2.20. The first-order valence-corrected chi connectivity index (χ1v) is 14.2. The molecule has 0 bridgehead atoms. The van der Waals surface area contributed by atoms with E-state index >= 15 is 0 Å². The van der Waals surface area contributed by atoms with Gasteiger partial charge in [-0.05, 0) is 53.4 Å². The van der Waals surface area contributed by atoms with Crippen molar-refractivity contribution in [2.75, 3.05) is 17.5 Å². The molecule has 5 rings (SSSR count). The van der Waals surface area contributed by atoms with E-state index in [-0.39, 0.29) is 17.0 Å². The van der Waals surface area contributed by atoms with Crippen molar-refractivity contribution >= 4 is 55.4 Å². The van der Waals surface area contributed by atoms with E-state index in [0.29, 0.717) is 39.2 Å². The first-order valence-electron chi connectivity index (χ1n) is 12.6. The van der Waals surface area contributed by atoms with Gasteiger partial charge in [0.15, 0.2) is 5.75 Å². The van der Waals surface area contributed by atoms with Crippen molar-refractivity contribution < 1.29 is 27.7 Å². The van der Waals surface area contributed by atoms with Gasteiger partial charge in [0.2, 0.25) is 0 Å². The molecule has 0 unspecified atom stereocenters. The molecule has 0 spiro atoms. The van der Waals surface area contributed by atoms with Crippen LogP contribution in [0.2, 0.25) is 0 Å². The van der Waals surface area contributed by atoms with E-state index in [9.17, 15) is 18.3 Å². The molecule has 0 aliphatic heterocycles. The molecule has 1 aromatic heterocycles. The fraction of sp³-hybridized carbons (Fsp3) is 0.0667. The number of azo groups is 1. The third kappa shape index (κ3) is 6.41. The van der Waals surface area contributed by atoms with Gasteiger partial charge in [-0.3, -0.25) is 14.2 Å². The lowest BCUT2D eigenvalue weighted by atomic mass is 10.0. The maximum Gasteiger partial charge on any atom is 0.269 e. The molecule has 0 aliphatic carbocycles. The lowest BCUT2D eigenvalue weighted by Crippen LogP contribution is -2.15. The number of fused-ring (bicyclic) bond motifs is 1. The molecule has 11 nitrogen and oxygen atoms in total. The Morgan fingerprint density at radius 3 is 2.38 bits per heavy atom. The minimum atomic E-state index is -4.17. The smallest absolute Gasteiger partial charge is 0.269 e. The fourth-order valence-corrected chi connectivity index (χ4v) is 4.93. The highest BCUT2D eigenvalue weighted by atomic mass is 32.2. The SMILES string of the molecule is CON(c1ccc(CS(=O)(=O)O)cc1)c1ccccc1N=Nc1c(O)c(C(=O)Nc2ccccn2)cc2ccccc12. The molecule has 12 heteroatoms. The molecular formula is C30H25N5O6S. The van der Waals surface area contributed by atoms with Gasteiger partial charge in [-0.25, -0.2) is 10.0 Å². The fourth-order valence-electron chi connectivity index (χ4n) is 4.32. The van der Waals surface area contributed by atoms with Crippen LogP contribution in [0.15, 0.2) is 113 Å². The molecule has 0 saturated heterocycles. The standard InChI is InChI=1S/C30H25N5O6S/c1-41-35(22-15-13-20(14-16-22)19-42(38,39)40)26-11-5-4-10-25(26)33-34-28-23-9-3-2-8-21(23)18-24(29(28)36)30(37)32-27-12-6-7-17-31-27/h2-18,36H,19H2,1H3,(H,31,32,37)(H,38,39,40). The monoisotopic (exact) mass is 583 g/mol. The summed E-state index contributed by atoms with van der Waals surface area (Å²) in [6.45, 7) is 0. The number of phenols is 1. The number of carbonyl (C=O) groups excluding carboxylic acids is 1. The number of rotatable bonds is 9. The van der Waals surface area contributed by atoms with Crippen LogP contribution >= 0.6 is 0 Å². The predicted octanol–water partition coefficient (Wildman–Crippen LogP) is 6.70. The van der Waals surface area contributed by atoms with Crippen molar-refractivity contribution in [3.8, 4) is 5.75 Å². The molecule has 4 aromatic carbocycles. The number of hydrogen-bond acceptors (Lipinski definition) is 9. The van der Waals surface area contributed by atoms with Gasteiger partial charge in [0.05, 0.1) is 24.0 Å². The zero-order valence-electron chi connectivity index (χ0n) is 22.2. The van der Waals surface area contributed by atoms with Gasteiger partial charge >= 0.3 is 0 Å². The number of benzene rings is 4. The summed E-state index contributed by atoms with van der Waals surface area (Å²) >= 11 is 0. The number of carbonyl (C=O) groups is 1. The van der Waals surface area contributed by atoms with Gasteiger partial charge in [-0.1, -0.05) is 54.6 Å².